The molecule has 1 aliphatic rings. The largest absolute Gasteiger partial charge is 0.391 e. The Bertz CT molecular complexity index is 328. The molecule has 1 saturated heterocycles. The van der Waals surface area contributed by atoms with Crippen LogP contribution in [0.5, 0.6) is 0 Å². The maximum atomic E-state index is 11.0. The highest BCUT2D eigenvalue weighted by molar-refractivity contribution is 6.81. The second-order valence-electron chi connectivity index (χ2n) is 6.85. The Morgan fingerprint density at radius 1 is 1.50 bits per heavy atom. The number of rotatable bonds is 5. The summed E-state index contributed by atoms with van der Waals surface area (Å²) in [6.45, 7) is 10.9. The highest BCUT2D eigenvalue weighted by Gasteiger charge is 2.48. The fourth-order valence-electron chi connectivity index (χ4n) is 2.39. The van der Waals surface area contributed by atoms with Gasteiger partial charge in [-0.25, -0.2) is 0 Å². The summed E-state index contributed by atoms with van der Waals surface area (Å²) in [7, 11) is -1.82. The van der Waals surface area contributed by atoms with Crippen LogP contribution in [0.1, 0.15) is 33.6 Å². The van der Waals surface area contributed by atoms with Gasteiger partial charge in [-0.15, -0.1) is 0 Å². The summed E-state index contributed by atoms with van der Waals surface area (Å²) < 4.78 is 0. The van der Waals surface area contributed by atoms with Gasteiger partial charge in [-0.05, 0) is 10.6 Å². The minimum absolute atomic E-state index is 0.0133. The van der Waals surface area contributed by atoms with E-state index in [9.17, 15) is 14.7 Å². The van der Waals surface area contributed by atoms with Crippen LogP contribution >= 0.6 is 0 Å². The fourth-order valence-corrected chi connectivity index (χ4v) is 5.28. The molecule has 0 aromatic rings. The predicted octanol–water partition coefficient (Wildman–Crippen LogP) is 1.70. The second kappa shape index (κ2) is 5.13. The molecule has 0 bridgehead atoms. The monoisotopic (exact) mass is 271 g/mol. The SMILES string of the molecule is CC(C)(C)[Si](C)(C)C(CC=O)C(O)C1CC(=O)N1. The number of β-lactam (4-membered cyclic amide) rings is 1. The maximum Gasteiger partial charge on any atom is 0.222 e. The van der Waals surface area contributed by atoms with Crippen molar-refractivity contribution in [2.45, 2.75) is 69.4 Å². The van der Waals surface area contributed by atoms with Gasteiger partial charge in [-0.1, -0.05) is 33.9 Å². The van der Waals surface area contributed by atoms with Crippen molar-refractivity contribution in [3.63, 3.8) is 0 Å². The summed E-state index contributed by atoms with van der Waals surface area (Å²) in [4.78, 5) is 21.9. The molecule has 1 rings (SSSR count). The van der Waals surface area contributed by atoms with Gasteiger partial charge in [0.1, 0.15) is 6.29 Å². The van der Waals surface area contributed by atoms with E-state index < -0.39 is 14.2 Å². The highest BCUT2D eigenvalue weighted by atomic mass is 28.3. The molecular weight excluding hydrogens is 246 g/mol. The number of aldehydes is 1. The molecule has 0 radical (unpaired) electrons. The predicted molar refractivity (Wildman–Crippen MR) is 74.2 cm³/mol. The van der Waals surface area contributed by atoms with E-state index in [0.717, 1.165) is 6.29 Å². The molecule has 4 nitrogen and oxygen atoms in total. The summed E-state index contributed by atoms with van der Waals surface area (Å²) in [6, 6.07) is -0.170. The van der Waals surface area contributed by atoms with Crippen LogP contribution in [0.25, 0.3) is 0 Å². The van der Waals surface area contributed by atoms with Crippen LogP contribution in [-0.2, 0) is 9.59 Å². The lowest BCUT2D eigenvalue weighted by Crippen LogP contribution is -2.60. The third kappa shape index (κ3) is 2.83. The Morgan fingerprint density at radius 3 is 2.33 bits per heavy atom. The number of amides is 1. The quantitative estimate of drug-likeness (QED) is 0.454. The number of aliphatic hydroxyl groups is 1. The van der Waals surface area contributed by atoms with Gasteiger partial charge in [-0.2, -0.15) is 0 Å². The van der Waals surface area contributed by atoms with Crippen molar-refractivity contribution in [2.75, 3.05) is 0 Å². The Morgan fingerprint density at radius 2 is 2.00 bits per heavy atom. The van der Waals surface area contributed by atoms with E-state index in [4.69, 9.17) is 0 Å². The molecule has 18 heavy (non-hydrogen) atoms. The van der Waals surface area contributed by atoms with E-state index in [2.05, 4.69) is 39.2 Å². The number of carbonyl (C=O) groups excluding carboxylic acids is 2. The lowest BCUT2D eigenvalue weighted by atomic mass is 9.96. The molecule has 1 amide bonds. The van der Waals surface area contributed by atoms with Crippen molar-refractivity contribution >= 4 is 20.3 Å². The molecule has 0 aliphatic carbocycles. The minimum atomic E-state index is -1.82. The van der Waals surface area contributed by atoms with Crippen LogP contribution in [0, 0.1) is 0 Å². The normalized spacial score (nSPS) is 23.9. The van der Waals surface area contributed by atoms with Gasteiger partial charge in [0.25, 0.3) is 0 Å². The average molecular weight is 271 g/mol. The lowest BCUT2D eigenvalue weighted by molar-refractivity contribution is -0.131. The molecule has 5 heteroatoms. The molecule has 104 valence electrons. The minimum Gasteiger partial charge on any atom is -0.391 e. The van der Waals surface area contributed by atoms with Gasteiger partial charge < -0.3 is 15.2 Å². The van der Waals surface area contributed by atoms with Crippen LogP contribution in [0.4, 0.5) is 0 Å². The van der Waals surface area contributed by atoms with Crippen LogP contribution in [0.3, 0.4) is 0 Å². The third-order valence-corrected chi connectivity index (χ3v) is 11.1. The summed E-state index contributed by atoms with van der Waals surface area (Å²) in [5.74, 6) is -0.0147. The van der Waals surface area contributed by atoms with Gasteiger partial charge in [0.15, 0.2) is 0 Å². The first kappa shape index (κ1) is 15.4. The van der Waals surface area contributed by atoms with E-state index in [1.54, 1.807) is 0 Å². The van der Waals surface area contributed by atoms with E-state index in [1.807, 2.05) is 0 Å². The van der Waals surface area contributed by atoms with E-state index in [0.29, 0.717) is 12.8 Å². The van der Waals surface area contributed by atoms with Crippen molar-refractivity contribution in [3.05, 3.63) is 0 Å². The Hall–Kier alpha value is -0.683. The molecule has 0 saturated carbocycles. The third-order valence-electron chi connectivity index (χ3n) is 4.79. The average Bonchev–Trinajstić information content (AvgIpc) is 2.18. The Kier molecular flexibility index (Phi) is 4.38. The van der Waals surface area contributed by atoms with Crippen molar-refractivity contribution in [1.29, 1.82) is 0 Å². The van der Waals surface area contributed by atoms with Crippen molar-refractivity contribution < 1.29 is 14.7 Å². The molecule has 0 spiro atoms. The highest BCUT2D eigenvalue weighted by Crippen LogP contribution is 2.47. The molecule has 1 fully saturated rings. The molecule has 3 atom stereocenters. The van der Waals surface area contributed by atoms with Crippen LogP contribution in [0.2, 0.25) is 23.7 Å². The van der Waals surface area contributed by atoms with Gasteiger partial charge in [0.2, 0.25) is 5.91 Å². The maximum absolute atomic E-state index is 11.0. The van der Waals surface area contributed by atoms with Crippen molar-refractivity contribution in [3.8, 4) is 0 Å². The van der Waals surface area contributed by atoms with Gasteiger partial charge in [-0.3, -0.25) is 4.79 Å². The van der Waals surface area contributed by atoms with Crippen LogP contribution < -0.4 is 5.32 Å². The molecular formula is C13H25NO3Si. The van der Waals surface area contributed by atoms with E-state index >= 15 is 0 Å². The van der Waals surface area contributed by atoms with E-state index in [1.165, 1.54) is 0 Å². The second-order valence-corrected chi connectivity index (χ2v) is 12.5. The van der Waals surface area contributed by atoms with Crippen molar-refractivity contribution in [1.82, 2.24) is 5.32 Å². The van der Waals surface area contributed by atoms with Gasteiger partial charge in [0.05, 0.1) is 20.2 Å². The molecule has 3 unspecified atom stereocenters. The Labute approximate surface area is 110 Å². The first-order valence-electron chi connectivity index (χ1n) is 6.52. The van der Waals surface area contributed by atoms with Gasteiger partial charge >= 0.3 is 0 Å². The standard InChI is InChI=1S/C13H25NO3Si/c1-13(2,3)18(4,5)10(6-7-15)12(17)9-8-11(16)14-9/h7,9-10,12,17H,6,8H2,1-5H3,(H,14,16). The summed E-state index contributed by atoms with van der Waals surface area (Å²) in [5.41, 5.74) is -0.0133. The number of aliphatic hydroxyl groups excluding tert-OH is 1. The molecule has 1 heterocycles. The summed E-state index contributed by atoms with van der Waals surface area (Å²) >= 11 is 0. The van der Waals surface area contributed by atoms with Gasteiger partial charge in [0, 0.05) is 12.8 Å². The molecule has 0 aromatic carbocycles. The number of nitrogens with one attached hydrogen (secondary N) is 1. The summed E-state index contributed by atoms with van der Waals surface area (Å²) in [6.07, 6.45) is 1.05. The number of hydrogen-bond donors (Lipinski definition) is 2. The topological polar surface area (TPSA) is 66.4 Å². The number of carbonyl (C=O) groups is 2. The fraction of sp³-hybridized carbons (Fsp3) is 0.846. The zero-order valence-electron chi connectivity index (χ0n) is 12.0. The van der Waals surface area contributed by atoms with Crippen LogP contribution in [0.15, 0.2) is 0 Å². The van der Waals surface area contributed by atoms with Crippen LogP contribution in [-0.4, -0.2) is 37.5 Å². The molecule has 2 N–H and O–H groups in total. The zero-order valence-corrected chi connectivity index (χ0v) is 13.0. The Balaban J connectivity index is 2.88. The number of hydrogen-bond acceptors (Lipinski definition) is 3. The first-order valence-corrected chi connectivity index (χ1v) is 9.60. The molecule has 0 aromatic heterocycles. The van der Waals surface area contributed by atoms with Crippen molar-refractivity contribution in [2.24, 2.45) is 0 Å². The smallest absolute Gasteiger partial charge is 0.222 e. The zero-order chi connectivity index (χ0) is 14.1. The van der Waals surface area contributed by atoms with E-state index in [-0.39, 0.29) is 22.5 Å². The molecule has 1 aliphatic heterocycles. The lowest BCUT2D eigenvalue weighted by Gasteiger charge is -2.47. The first-order chi connectivity index (χ1) is 8.11. The summed E-state index contributed by atoms with van der Waals surface area (Å²) in [5, 5.41) is 13.3.